The lowest BCUT2D eigenvalue weighted by molar-refractivity contribution is 0.611. The van der Waals surface area contributed by atoms with Gasteiger partial charge in [-0.15, -0.1) is 0 Å². The van der Waals surface area contributed by atoms with E-state index >= 15 is 0 Å². The second-order valence-electron chi connectivity index (χ2n) is 3.86. The highest BCUT2D eigenvalue weighted by Crippen LogP contribution is 2.20. The Balaban J connectivity index is 2.20. The highest BCUT2D eigenvalue weighted by atomic mass is 79.9. The van der Waals surface area contributed by atoms with E-state index < -0.39 is 5.82 Å². The summed E-state index contributed by atoms with van der Waals surface area (Å²) in [5.74, 6) is -0.958. The Morgan fingerprint density at radius 2 is 1.95 bits per heavy atom. The standard InChI is InChI=1S/C14H9BrF2N2/c15-10-5-4-9(13(17)6-10)8-19-14-3-1-2-12(16)11(14)7-18/h1-6,19H,8H2. The summed E-state index contributed by atoms with van der Waals surface area (Å²) in [6, 6.07) is 10.8. The number of benzene rings is 2. The van der Waals surface area contributed by atoms with Crippen molar-refractivity contribution in [1.29, 1.82) is 5.26 Å². The predicted octanol–water partition coefficient (Wildman–Crippen LogP) is 4.21. The zero-order valence-corrected chi connectivity index (χ0v) is 11.3. The molecule has 0 fully saturated rings. The number of hydrogen-bond donors (Lipinski definition) is 1. The average Bonchev–Trinajstić information content (AvgIpc) is 2.38. The van der Waals surface area contributed by atoms with Crippen molar-refractivity contribution in [1.82, 2.24) is 0 Å². The Bertz CT molecular complexity index is 650. The fraction of sp³-hybridized carbons (Fsp3) is 0.0714. The Labute approximate surface area is 117 Å². The molecule has 0 aliphatic heterocycles. The van der Waals surface area contributed by atoms with Gasteiger partial charge in [0, 0.05) is 16.6 Å². The van der Waals surface area contributed by atoms with Gasteiger partial charge in [-0.05, 0) is 24.3 Å². The van der Waals surface area contributed by atoms with Gasteiger partial charge in [-0.1, -0.05) is 28.1 Å². The fourth-order valence-corrected chi connectivity index (χ4v) is 1.97. The number of nitrogens with one attached hydrogen (secondary N) is 1. The molecule has 96 valence electrons. The van der Waals surface area contributed by atoms with E-state index in [0.717, 1.165) is 0 Å². The van der Waals surface area contributed by atoms with E-state index in [1.165, 1.54) is 18.2 Å². The maximum absolute atomic E-state index is 13.6. The van der Waals surface area contributed by atoms with Crippen molar-refractivity contribution in [3.05, 3.63) is 63.6 Å². The molecule has 5 heteroatoms. The minimum atomic E-state index is -0.594. The van der Waals surface area contributed by atoms with Crippen molar-refractivity contribution in [3.8, 4) is 6.07 Å². The first-order valence-electron chi connectivity index (χ1n) is 5.48. The zero-order valence-electron chi connectivity index (χ0n) is 9.75. The molecule has 0 saturated carbocycles. The van der Waals surface area contributed by atoms with Crippen molar-refractivity contribution >= 4 is 21.6 Å². The van der Waals surface area contributed by atoms with Crippen LogP contribution in [0.15, 0.2) is 40.9 Å². The first-order chi connectivity index (χ1) is 9.11. The Hall–Kier alpha value is -1.93. The van der Waals surface area contributed by atoms with Gasteiger partial charge in [0.05, 0.1) is 5.69 Å². The topological polar surface area (TPSA) is 35.8 Å². The molecule has 2 nitrogen and oxygen atoms in total. The number of rotatable bonds is 3. The third-order valence-corrected chi connectivity index (χ3v) is 3.10. The van der Waals surface area contributed by atoms with Crippen LogP contribution in [0.25, 0.3) is 0 Å². The molecule has 0 aromatic heterocycles. The van der Waals surface area contributed by atoms with Crippen LogP contribution in [0, 0.1) is 23.0 Å². The van der Waals surface area contributed by atoms with Crippen LogP contribution in [0.1, 0.15) is 11.1 Å². The average molecular weight is 323 g/mol. The van der Waals surface area contributed by atoms with Gasteiger partial charge in [-0.25, -0.2) is 8.78 Å². The molecular formula is C14H9BrF2N2. The number of halogens is 3. The van der Waals surface area contributed by atoms with E-state index in [2.05, 4.69) is 21.2 Å². The Morgan fingerprint density at radius 3 is 2.63 bits per heavy atom. The van der Waals surface area contributed by atoms with E-state index in [4.69, 9.17) is 5.26 Å². The number of anilines is 1. The number of nitrogens with zero attached hydrogens (tertiary/aromatic N) is 1. The van der Waals surface area contributed by atoms with Gasteiger partial charge in [0.15, 0.2) is 0 Å². The van der Waals surface area contributed by atoms with Gasteiger partial charge in [0.1, 0.15) is 23.3 Å². The highest BCUT2D eigenvalue weighted by Gasteiger charge is 2.08. The van der Waals surface area contributed by atoms with Gasteiger partial charge in [-0.3, -0.25) is 0 Å². The summed E-state index contributed by atoms with van der Waals surface area (Å²) < 4.78 is 27.6. The summed E-state index contributed by atoms with van der Waals surface area (Å²) >= 11 is 3.17. The monoisotopic (exact) mass is 322 g/mol. The normalized spacial score (nSPS) is 10.0. The number of hydrogen-bond acceptors (Lipinski definition) is 2. The SMILES string of the molecule is N#Cc1c(F)cccc1NCc1ccc(Br)cc1F. The van der Waals surface area contributed by atoms with Crippen LogP contribution in [0.5, 0.6) is 0 Å². The van der Waals surface area contributed by atoms with E-state index in [0.29, 0.717) is 15.7 Å². The molecule has 0 atom stereocenters. The fourth-order valence-electron chi connectivity index (χ4n) is 1.64. The van der Waals surface area contributed by atoms with Crippen molar-refractivity contribution in [2.24, 2.45) is 0 Å². The van der Waals surface area contributed by atoms with Gasteiger partial charge < -0.3 is 5.32 Å². The lowest BCUT2D eigenvalue weighted by atomic mass is 10.1. The molecule has 0 aliphatic carbocycles. The van der Waals surface area contributed by atoms with Gasteiger partial charge in [-0.2, -0.15) is 5.26 Å². The second kappa shape index (κ2) is 5.81. The molecule has 0 saturated heterocycles. The third-order valence-electron chi connectivity index (χ3n) is 2.61. The van der Waals surface area contributed by atoms with Crippen molar-refractivity contribution in [2.75, 3.05) is 5.32 Å². The molecule has 0 aliphatic rings. The summed E-state index contributed by atoms with van der Waals surface area (Å²) in [4.78, 5) is 0. The van der Waals surface area contributed by atoms with Gasteiger partial charge in [0.2, 0.25) is 0 Å². The van der Waals surface area contributed by atoms with Crippen LogP contribution in [0.2, 0.25) is 0 Å². The van der Waals surface area contributed by atoms with Gasteiger partial charge >= 0.3 is 0 Å². The third kappa shape index (κ3) is 3.09. The molecule has 0 radical (unpaired) electrons. The molecule has 0 amide bonds. The summed E-state index contributed by atoms with van der Waals surface area (Å²) in [6.07, 6.45) is 0. The van der Waals surface area contributed by atoms with Crippen molar-refractivity contribution in [2.45, 2.75) is 6.54 Å². The maximum Gasteiger partial charge on any atom is 0.143 e. The highest BCUT2D eigenvalue weighted by molar-refractivity contribution is 9.10. The Morgan fingerprint density at radius 1 is 1.16 bits per heavy atom. The zero-order chi connectivity index (χ0) is 13.8. The van der Waals surface area contributed by atoms with Crippen molar-refractivity contribution < 1.29 is 8.78 Å². The summed E-state index contributed by atoms with van der Waals surface area (Å²) in [7, 11) is 0. The Kier molecular flexibility index (Phi) is 4.13. The van der Waals surface area contributed by atoms with E-state index in [1.807, 2.05) is 0 Å². The minimum Gasteiger partial charge on any atom is -0.380 e. The van der Waals surface area contributed by atoms with Crippen LogP contribution in [0.4, 0.5) is 14.5 Å². The predicted molar refractivity (Wildman–Crippen MR) is 72.5 cm³/mol. The van der Waals surface area contributed by atoms with Crippen LogP contribution >= 0.6 is 15.9 Å². The molecule has 1 N–H and O–H groups in total. The molecule has 0 unspecified atom stereocenters. The summed E-state index contributed by atoms with van der Waals surface area (Å²) in [5.41, 5.74) is 0.723. The van der Waals surface area contributed by atoms with E-state index in [-0.39, 0.29) is 17.9 Å². The maximum atomic E-state index is 13.6. The summed E-state index contributed by atoms with van der Waals surface area (Å²) in [6.45, 7) is 0.178. The van der Waals surface area contributed by atoms with Crippen LogP contribution in [0.3, 0.4) is 0 Å². The molecule has 2 aromatic rings. The van der Waals surface area contributed by atoms with Crippen molar-refractivity contribution in [3.63, 3.8) is 0 Å². The first kappa shape index (κ1) is 13.5. The first-order valence-corrected chi connectivity index (χ1v) is 6.27. The van der Waals surface area contributed by atoms with E-state index in [1.54, 1.807) is 24.3 Å². The lowest BCUT2D eigenvalue weighted by Crippen LogP contribution is -2.04. The molecule has 0 bridgehead atoms. The van der Waals surface area contributed by atoms with Crippen LogP contribution < -0.4 is 5.32 Å². The second-order valence-corrected chi connectivity index (χ2v) is 4.78. The quantitative estimate of drug-likeness (QED) is 0.918. The largest absolute Gasteiger partial charge is 0.380 e. The summed E-state index contributed by atoms with van der Waals surface area (Å²) in [5, 5.41) is 11.7. The molecule has 0 heterocycles. The lowest BCUT2D eigenvalue weighted by Gasteiger charge is -2.09. The van der Waals surface area contributed by atoms with E-state index in [9.17, 15) is 8.78 Å². The van der Waals surface area contributed by atoms with Gasteiger partial charge in [0.25, 0.3) is 0 Å². The molecule has 2 aromatic carbocycles. The number of nitriles is 1. The molecular weight excluding hydrogens is 314 g/mol. The van der Waals surface area contributed by atoms with Crippen LogP contribution in [-0.2, 0) is 6.54 Å². The van der Waals surface area contributed by atoms with Crippen LogP contribution in [-0.4, -0.2) is 0 Å². The minimum absolute atomic E-state index is 0.0694. The molecule has 19 heavy (non-hydrogen) atoms. The smallest absolute Gasteiger partial charge is 0.143 e. The molecule has 0 spiro atoms. The molecule has 2 rings (SSSR count).